The normalized spacial score (nSPS) is 13.7. The van der Waals surface area contributed by atoms with Crippen molar-refractivity contribution in [3.05, 3.63) is 0 Å². The van der Waals surface area contributed by atoms with Crippen LogP contribution in [0, 0.1) is 0 Å². The second kappa shape index (κ2) is 3.28. The molecule has 0 bridgehead atoms. The van der Waals surface area contributed by atoms with Crippen molar-refractivity contribution in [3.8, 4) is 0 Å². The molecule has 0 heterocycles. The zero-order valence-electron chi connectivity index (χ0n) is 5.15. The van der Waals surface area contributed by atoms with Gasteiger partial charge in [-0.2, -0.15) is 18.3 Å². The molecule has 3 nitrogen and oxygen atoms in total. The molecule has 0 amide bonds. The molecule has 0 aliphatic heterocycles. The molecule has 0 unspecified atom stereocenters. The lowest BCUT2D eigenvalue weighted by molar-refractivity contribution is -0.132. The smallest absolute Gasteiger partial charge is 0.386 e. The predicted octanol–water partition coefficient (Wildman–Crippen LogP) is 0.560. The average molecular weight is 155 g/mol. The molecule has 0 atom stereocenters. The summed E-state index contributed by atoms with van der Waals surface area (Å²) in [6, 6.07) is 0. The molecule has 0 saturated heterocycles. The molecular weight excluding hydrogens is 147 g/mol. The first-order valence-electron chi connectivity index (χ1n) is 2.54. The summed E-state index contributed by atoms with van der Waals surface area (Å²) in [6.45, 7) is 0. The third kappa shape index (κ3) is 5.20. The fourth-order valence-electron chi connectivity index (χ4n) is 0.334. The van der Waals surface area contributed by atoms with Crippen LogP contribution in [0.4, 0.5) is 13.2 Å². The fourth-order valence-corrected chi connectivity index (χ4v) is 0.334. The van der Waals surface area contributed by atoms with Crippen LogP contribution in [0.3, 0.4) is 0 Å². The van der Waals surface area contributed by atoms with Crippen molar-refractivity contribution in [1.82, 2.24) is 0 Å². The van der Waals surface area contributed by atoms with Gasteiger partial charge in [-0.15, -0.1) is 0 Å². The summed E-state index contributed by atoms with van der Waals surface area (Å²) in [5, 5.41) is 2.89. The van der Waals surface area contributed by atoms with Gasteiger partial charge in [-0.1, -0.05) is 0 Å². The zero-order valence-corrected chi connectivity index (χ0v) is 5.15. The van der Waals surface area contributed by atoms with Crippen molar-refractivity contribution in [3.63, 3.8) is 0 Å². The topological polar surface area (TPSA) is 64.4 Å². The summed E-state index contributed by atoms with van der Waals surface area (Å²) >= 11 is 0. The van der Waals surface area contributed by atoms with Gasteiger partial charge in [0.2, 0.25) is 0 Å². The Hall–Kier alpha value is -0.940. The van der Waals surface area contributed by atoms with Gasteiger partial charge in [0.25, 0.3) is 0 Å². The number of amidine groups is 1. The highest BCUT2D eigenvalue weighted by Gasteiger charge is 2.26. The van der Waals surface area contributed by atoms with Crippen LogP contribution in [0.25, 0.3) is 0 Å². The number of hydrogen-bond donors (Lipinski definition) is 2. The van der Waals surface area contributed by atoms with E-state index in [-0.39, 0.29) is 12.3 Å². The molecule has 0 rings (SSSR count). The molecule has 4 N–H and O–H groups in total. The SMILES string of the molecule is NN=C(N)CCC(F)(F)F. The maximum Gasteiger partial charge on any atom is 0.389 e. The van der Waals surface area contributed by atoms with E-state index in [2.05, 4.69) is 10.9 Å². The Morgan fingerprint density at radius 2 is 1.90 bits per heavy atom. The van der Waals surface area contributed by atoms with Crippen molar-refractivity contribution < 1.29 is 13.2 Å². The van der Waals surface area contributed by atoms with Crippen LogP contribution in [0.1, 0.15) is 12.8 Å². The van der Waals surface area contributed by atoms with Gasteiger partial charge in [-0.05, 0) is 0 Å². The molecule has 0 aromatic heterocycles. The van der Waals surface area contributed by atoms with Gasteiger partial charge in [0.15, 0.2) is 0 Å². The molecule has 0 radical (unpaired) electrons. The highest BCUT2D eigenvalue weighted by Crippen LogP contribution is 2.20. The van der Waals surface area contributed by atoms with Crippen LogP contribution < -0.4 is 11.6 Å². The number of hydrogen-bond acceptors (Lipinski definition) is 2. The van der Waals surface area contributed by atoms with Crippen LogP contribution in [0.2, 0.25) is 0 Å². The molecule has 0 spiro atoms. The first kappa shape index (κ1) is 9.06. The number of nitrogens with zero attached hydrogens (tertiary/aromatic N) is 1. The van der Waals surface area contributed by atoms with E-state index < -0.39 is 12.6 Å². The van der Waals surface area contributed by atoms with Crippen LogP contribution in [-0.4, -0.2) is 12.0 Å². The Balaban J connectivity index is 3.56. The minimum atomic E-state index is -4.19. The van der Waals surface area contributed by atoms with Crippen LogP contribution in [0.15, 0.2) is 5.10 Å². The monoisotopic (exact) mass is 155 g/mol. The number of alkyl halides is 3. The first-order valence-corrected chi connectivity index (χ1v) is 2.54. The Labute approximate surface area is 55.9 Å². The van der Waals surface area contributed by atoms with E-state index in [1.54, 1.807) is 0 Å². The molecule has 0 aliphatic carbocycles. The number of rotatable bonds is 2. The van der Waals surface area contributed by atoms with Crippen molar-refractivity contribution in [2.45, 2.75) is 19.0 Å². The summed E-state index contributed by atoms with van der Waals surface area (Å²) in [7, 11) is 0. The van der Waals surface area contributed by atoms with Crippen LogP contribution in [-0.2, 0) is 0 Å². The van der Waals surface area contributed by atoms with Gasteiger partial charge in [-0.25, -0.2) is 0 Å². The number of hydrazone groups is 1. The van der Waals surface area contributed by atoms with Gasteiger partial charge in [0, 0.05) is 6.42 Å². The third-order valence-corrected chi connectivity index (χ3v) is 0.830. The minimum absolute atomic E-state index is 0.183. The van der Waals surface area contributed by atoms with Crippen molar-refractivity contribution >= 4 is 5.84 Å². The Bertz CT molecular complexity index is 128. The summed E-state index contributed by atoms with van der Waals surface area (Å²) in [5.41, 5.74) is 4.91. The van der Waals surface area contributed by atoms with Crippen LogP contribution >= 0.6 is 0 Å². The molecule has 10 heavy (non-hydrogen) atoms. The summed E-state index contributed by atoms with van der Waals surface area (Å²) in [4.78, 5) is 0. The second-order valence-electron chi connectivity index (χ2n) is 1.74. The lowest BCUT2D eigenvalue weighted by atomic mass is 10.3. The molecule has 0 aromatic rings. The summed E-state index contributed by atoms with van der Waals surface area (Å²) in [6.07, 6.45) is -5.49. The van der Waals surface area contributed by atoms with Gasteiger partial charge < -0.3 is 11.6 Å². The highest BCUT2D eigenvalue weighted by atomic mass is 19.4. The molecule has 0 saturated carbocycles. The van der Waals surface area contributed by atoms with E-state index in [0.717, 1.165) is 0 Å². The largest absolute Gasteiger partial charge is 0.389 e. The molecular formula is C4H8F3N3. The average Bonchev–Trinajstić information content (AvgIpc) is 1.81. The standard InChI is InChI=1S/C4H8F3N3/c5-4(6,7)2-1-3(8)10-9/h1-2,9H2,(H2,8,10). The zero-order chi connectivity index (χ0) is 8.20. The Kier molecular flexibility index (Phi) is 2.98. The van der Waals surface area contributed by atoms with Gasteiger partial charge in [-0.3, -0.25) is 0 Å². The van der Waals surface area contributed by atoms with Gasteiger partial charge >= 0.3 is 6.18 Å². The number of nitrogens with two attached hydrogens (primary N) is 2. The van der Waals surface area contributed by atoms with Crippen molar-refractivity contribution in [2.24, 2.45) is 16.7 Å². The van der Waals surface area contributed by atoms with E-state index in [4.69, 9.17) is 5.73 Å². The molecule has 0 aliphatic rings. The molecule has 60 valence electrons. The molecule has 0 fully saturated rings. The second-order valence-corrected chi connectivity index (χ2v) is 1.74. The maximum atomic E-state index is 11.4. The fraction of sp³-hybridized carbons (Fsp3) is 0.750. The van der Waals surface area contributed by atoms with E-state index in [0.29, 0.717) is 0 Å². The predicted molar refractivity (Wildman–Crippen MR) is 31.1 cm³/mol. The van der Waals surface area contributed by atoms with Gasteiger partial charge in [0.1, 0.15) is 5.84 Å². The van der Waals surface area contributed by atoms with Crippen molar-refractivity contribution in [2.75, 3.05) is 0 Å². The first-order chi connectivity index (χ1) is 4.45. The number of halogens is 3. The van der Waals surface area contributed by atoms with Gasteiger partial charge in [0.05, 0.1) is 6.42 Å². The quantitative estimate of drug-likeness (QED) is 0.265. The third-order valence-electron chi connectivity index (χ3n) is 0.830. The summed E-state index contributed by atoms with van der Waals surface area (Å²) in [5.74, 6) is 4.41. The minimum Gasteiger partial charge on any atom is -0.386 e. The lowest BCUT2D eigenvalue weighted by Crippen LogP contribution is -2.18. The van der Waals surface area contributed by atoms with E-state index in [9.17, 15) is 13.2 Å². The van der Waals surface area contributed by atoms with Crippen LogP contribution in [0.5, 0.6) is 0 Å². The Morgan fingerprint density at radius 1 is 1.40 bits per heavy atom. The van der Waals surface area contributed by atoms with E-state index in [1.807, 2.05) is 0 Å². The molecule has 0 aromatic carbocycles. The summed E-state index contributed by atoms with van der Waals surface area (Å²) < 4.78 is 34.2. The van der Waals surface area contributed by atoms with E-state index in [1.165, 1.54) is 0 Å². The van der Waals surface area contributed by atoms with Crippen molar-refractivity contribution in [1.29, 1.82) is 0 Å². The Morgan fingerprint density at radius 3 is 2.20 bits per heavy atom. The maximum absolute atomic E-state index is 11.4. The highest BCUT2D eigenvalue weighted by molar-refractivity contribution is 5.79. The lowest BCUT2D eigenvalue weighted by Gasteiger charge is -2.03. The van der Waals surface area contributed by atoms with E-state index >= 15 is 0 Å². The molecule has 6 heteroatoms.